The van der Waals surface area contributed by atoms with Gasteiger partial charge in [-0.3, -0.25) is 0 Å². The molecule has 174 valence electrons. The van der Waals surface area contributed by atoms with Crippen molar-refractivity contribution in [2.75, 3.05) is 0 Å². The van der Waals surface area contributed by atoms with E-state index in [1.807, 2.05) is 6.07 Å². The molecule has 0 spiro atoms. The van der Waals surface area contributed by atoms with Gasteiger partial charge in [-0.15, -0.1) is 0 Å². The first-order chi connectivity index (χ1) is 15.2. The molecule has 3 nitrogen and oxygen atoms in total. The number of hydrogen-bond donors (Lipinski definition) is 1. The summed E-state index contributed by atoms with van der Waals surface area (Å²) in [6, 6.07) is 11.7. The molecule has 2 atom stereocenters. The molecule has 0 saturated heterocycles. The van der Waals surface area contributed by atoms with E-state index in [0.29, 0.717) is 17.9 Å². The summed E-state index contributed by atoms with van der Waals surface area (Å²) in [5.74, 6) is 0.517. The highest BCUT2D eigenvalue weighted by molar-refractivity contribution is 7.90. The van der Waals surface area contributed by atoms with Crippen LogP contribution in [0.25, 0.3) is 0 Å². The van der Waals surface area contributed by atoms with Crippen LogP contribution in [-0.2, 0) is 35.6 Å². The van der Waals surface area contributed by atoms with Crippen LogP contribution in [0.1, 0.15) is 72.8 Å². The molecular formula is C25H30F3NO2S. The number of rotatable bonds is 8. The van der Waals surface area contributed by atoms with Crippen LogP contribution in [0.15, 0.2) is 42.5 Å². The van der Waals surface area contributed by atoms with E-state index in [9.17, 15) is 21.6 Å². The van der Waals surface area contributed by atoms with Gasteiger partial charge in [0.05, 0.1) is 10.8 Å². The van der Waals surface area contributed by atoms with Gasteiger partial charge in [0, 0.05) is 6.54 Å². The SMILES string of the molecule is CCCC1Cc2ccc(CNS(=O)(=O)C3CCC3)cc2C1Cc1cccc(C(F)(F)F)c1. The fourth-order valence-electron chi connectivity index (χ4n) is 5.03. The van der Waals surface area contributed by atoms with Crippen molar-refractivity contribution in [2.45, 2.75) is 75.8 Å². The van der Waals surface area contributed by atoms with Gasteiger partial charge in [0.25, 0.3) is 0 Å². The summed E-state index contributed by atoms with van der Waals surface area (Å²) in [7, 11) is -3.29. The number of hydrogen-bond acceptors (Lipinski definition) is 2. The van der Waals surface area contributed by atoms with E-state index in [4.69, 9.17) is 0 Å². The third kappa shape index (κ3) is 5.04. The van der Waals surface area contributed by atoms with E-state index in [-0.39, 0.29) is 17.7 Å². The fraction of sp³-hybridized carbons (Fsp3) is 0.520. The van der Waals surface area contributed by atoms with Crippen molar-refractivity contribution in [1.82, 2.24) is 4.72 Å². The minimum Gasteiger partial charge on any atom is -0.212 e. The topological polar surface area (TPSA) is 46.2 Å². The van der Waals surface area contributed by atoms with Crippen LogP contribution in [0.5, 0.6) is 0 Å². The minimum absolute atomic E-state index is 0.136. The predicted molar refractivity (Wildman–Crippen MR) is 120 cm³/mol. The van der Waals surface area contributed by atoms with Crippen LogP contribution in [0, 0.1) is 5.92 Å². The van der Waals surface area contributed by atoms with Gasteiger partial charge < -0.3 is 0 Å². The van der Waals surface area contributed by atoms with Crippen LogP contribution in [0.3, 0.4) is 0 Å². The first-order valence-electron chi connectivity index (χ1n) is 11.4. The van der Waals surface area contributed by atoms with Gasteiger partial charge in [-0.1, -0.05) is 56.2 Å². The Morgan fingerprint density at radius 3 is 2.50 bits per heavy atom. The molecule has 2 aromatic carbocycles. The van der Waals surface area contributed by atoms with Crippen LogP contribution in [0.2, 0.25) is 0 Å². The molecule has 32 heavy (non-hydrogen) atoms. The normalized spacial score (nSPS) is 21.4. The van der Waals surface area contributed by atoms with Crippen molar-refractivity contribution in [3.63, 3.8) is 0 Å². The Balaban J connectivity index is 1.55. The molecule has 0 aromatic heterocycles. The molecule has 0 aliphatic heterocycles. The van der Waals surface area contributed by atoms with Crippen LogP contribution < -0.4 is 4.72 Å². The molecule has 2 aromatic rings. The Morgan fingerprint density at radius 1 is 1.06 bits per heavy atom. The highest BCUT2D eigenvalue weighted by Crippen LogP contribution is 2.43. The van der Waals surface area contributed by atoms with Gasteiger partial charge in [-0.2, -0.15) is 13.2 Å². The largest absolute Gasteiger partial charge is 0.416 e. The molecule has 2 aliphatic carbocycles. The summed E-state index contributed by atoms with van der Waals surface area (Å²) in [5, 5.41) is -0.278. The summed E-state index contributed by atoms with van der Waals surface area (Å²) in [5.41, 5.74) is 3.36. The highest BCUT2D eigenvalue weighted by Gasteiger charge is 2.34. The second-order valence-corrected chi connectivity index (χ2v) is 11.3. The van der Waals surface area contributed by atoms with Crippen molar-refractivity contribution in [1.29, 1.82) is 0 Å². The highest BCUT2D eigenvalue weighted by atomic mass is 32.2. The standard InChI is InChI=1S/C25H30F3NO2S/c1-2-5-19-15-20-11-10-18(16-29-32(30,31)22-8-4-9-22)14-24(20)23(19)13-17-6-3-7-21(12-17)25(26,27)28/h3,6-7,10-12,14,19,22-23,29H,2,4-5,8-9,13,15-16H2,1H3. The van der Waals surface area contributed by atoms with E-state index < -0.39 is 21.8 Å². The maximum atomic E-state index is 13.2. The number of benzene rings is 2. The van der Waals surface area contributed by atoms with Crippen LogP contribution >= 0.6 is 0 Å². The summed E-state index contributed by atoms with van der Waals surface area (Å²) >= 11 is 0. The van der Waals surface area contributed by atoms with E-state index in [1.165, 1.54) is 17.7 Å². The lowest BCUT2D eigenvalue weighted by molar-refractivity contribution is -0.137. The van der Waals surface area contributed by atoms with Gasteiger partial charge in [-0.25, -0.2) is 13.1 Å². The fourth-order valence-corrected chi connectivity index (χ4v) is 6.58. The van der Waals surface area contributed by atoms with E-state index in [0.717, 1.165) is 55.7 Å². The van der Waals surface area contributed by atoms with Crippen molar-refractivity contribution in [3.8, 4) is 0 Å². The number of halogens is 3. The molecule has 0 heterocycles. The Hall–Kier alpha value is -1.86. The number of alkyl halides is 3. The number of nitrogens with one attached hydrogen (secondary N) is 1. The first-order valence-corrected chi connectivity index (χ1v) is 13.0. The molecule has 0 radical (unpaired) electrons. The van der Waals surface area contributed by atoms with Gasteiger partial charge in [0.1, 0.15) is 0 Å². The second-order valence-electron chi connectivity index (χ2n) is 9.21. The maximum absolute atomic E-state index is 13.2. The lowest BCUT2D eigenvalue weighted by Crippen LogP contribution is -2.38. The van der Waals surface area contributed by atoms with Crippen molar-refractivity contribution < 1.29 is 21.6 Å². The number of sulfonamides is 1. The molecule has 0 amide bonds. The van der Waals surface area contributed by atoms with Gasteiger partial charge in [0.15, 0.2) is 0 Å². The molecule has 1 saturated carbocycles. The third-order valence-corrected chi connectivity index (χ3v) is 8.89. The third-order valence-electron chi connectivity index (χ3n) is 7.00. The lowest BCUT2D eigenvalue weighted by Gasteiger charge is -2.25. The monoisotopic (exact) mass is 465 g/mol. The molecule has 4 rings (SSSR count). The maximum Gasteiger partial charge on any atom is 0.416 e. The molecular weight excluding hydrogens is 435 g/mol. The van der Waals surface area contributed by atoms with Crippen LogP contribution in [-0.4, -0.2) is 13.7 Å². The van der Waals surface area contributed by atoms with E-state index in [1.54, 1.807) is 6.07 Å². The van der Waals surface area contributed by atoms with Gasteiger partial charge in [0.2, 0.25) is 10.0 Å². The average Bonchev–Trinajstić information content (AvgIpc) is 3.01. The molecule has 2 unspecified atom stereocenters. The first kappa shape index (κ1) is 23.3. The molecule has 1 N–H and O–H groups in total. The zero-order chi connectivity index (χ0) is 22.9. The Morgan fingerprint density at radius 2 is 1.84 bits per heavy atom. The van der Waals surface area contributed by atoms with E-state index >= 15 is 0 Å². The summed E-state index contributed by atoms with van der Waals surface area (Å²) in [4.78, 5) is 0. The molecule has 1 fully saturated rings. The summed E-state index contributed by atoms with van der Waals surface area (Å²) < 4.78 is 67.0. The van der Waals surface area contributed by atoms with Gasteiger partial charge in [-0.05, 0) is 72.3 Å². The van der Waals surface area contributed by atoms with Crippen molar-refractivity contribution in [2.24, 2.45) is 5.92 Å². The molecule has 7 heteroatoms. The van der Waals surface area contributed by atoms with Crippen molar-refractivity contribution >= 4 is 10.0 Å². The Bertz CT molecular complexity index is 1060. The summed E-state index contributed by atoms with van der Waals surface area (Å²) in [6.07, 6.45) is 1.56. The summed E-state index contributed by atoms with van der Waals surface area (Å²) in [6.45, 7) is 2.38. The zero-order valence-corrected chi connectivity index (χ0v) is 19.1. The molecule has 2 aliphatic rings. The Labute approximate surface area is 188 Å². The molecule has 0 bridgehead atoms. The average molecular weight is 466 g/mol. The zero-order valence-electron chi connectivity index (χ0n) is 18.3. The smallest absolute Gasteiger partial charge is 0.212 e. The minimum atomic E-state index is -4.35. The van der Waals surface area contributed by atoms with E-state index in [2.05, 4.69) is 23.8 Å². The van der Waals surface area contributed by atoms with Crippen molar-refractivity contribution in [3.05, 3.63) is 70.3 Å². The van der Waals surface area contributed by atoms with Gasteiger partial charge >= 0.3 is 6.18 Å². The Kier molecular flexibility index (Phi) is 6.68. The predicted octanol–water partition coefficient (Wildman–Crippen LogP) is 5.98. The number of fused-ring (bicyclic) bond motifs is 1. The second kappa shape index (κ2) is 9.18. The lowest BCUT2D eigenvalue weighted by atomic mass is 9.84. The quantitative estimate of drug-likeness (QED) is 0.522. The van der Waals surface area contributed by atoms with Crippen LogP contribution in [0.4, 0.5) is 13.2 Å².